The molecule has 15 heavy (non-hydrogen) atoms. The smallest absolute Gasteiger partial charge is 0.214 e. The minimum absolute atomic E-state index is 0.0498. The zero-order valence-corrected chi connectivity index (χ0v) is 8.73. The molecule has 4 heteroatoms. The maximum atomic E-state index is 12.0. The van der Waals surface area contributed by atoms with Gasteiger partial charge in [0.2, 0.25) is 5.78 Å². The van der Waals surface area contributed by atoms with E-state index in [1.165, 1.54) is 6.26 Å². The zero-order chi connectivity index (χ0) is 10.8. The maximum absolute atomic E-state index is 12.0. The Balaban J connectivity index is 2.36. The van der Waals surface area contributed by atoms with Gasteiger partial charge in [-0.25, -0.2) is 0 Å². The molecule has 78 valence electrons. The van der Waals surface area contributed by atoms with Gasteiger partial charge in [-0.1, -0.05) is 0 Å². The average Bonchev–Trinajstić information content (AvgIpc) is 2.84. The Morgan fingerprint density at radius 3 is 3.00 bits per heavy atom. The summed E-state index contributed by atoms with van der Waals surface area (Å²) in [5.74, 6) is 0.687. The number of carbonyl (C=O) groups excluding carboxylic acids is 1. The van der Waals surface area contributed by atoms with E-state index in [2.05, 4.69) is 5.10 Å². The van der Waals surface area contributed by atoms with Crippen molar-refractivity contribution in [2.24, 2.45) is 0 Å². The third-order valence-electron chi connectivity index (χ3n) is 2.24. The molecule has 2 aromatic heterocycles. The van der Waals surface area contributed by atoms with E-state index >= 15 is 0 Å². The lowest BCUT2D eigenvalue weighted by molar-refractivity contribution is 0.102. The van der Waals surface area contributed by atoms with E-state index in [1.54, 1.807) is 23.0 Å². The Hall–Kier alpha value is -1.84. The van der Waals surface area contributed by atoms with Crippen molar-refractivity contribution in [1.29, 1.82) is 0 Å². The minimum Gasteiger partial charge on any atom is -0.469 e. The monoisotopic (exact) mass is 204 g/mol. The van der Waals surface area contributed by atoms with Gasteiger partial charge in [-0.15, -0.1) is 0 Å². The van der Waals surface area contributed by atoms with Crippen molar-refractivity contribution < 1.29 is 9.21 Å². The topological polar surface area (TPSA) is 48.0 Å². The second kappa shape index (κ2) is 3.73. The summed E-state index contributed by atoms with van der Waals surface area (Å²) in [6.07, 6.45) is 3.11. The fourth-order valence-electron chi connectivity index (χ4n) is 1.49. The van der Waals surface area contributed by atoms with Crippen molar-refractivity contribution in [2.45, 2.75) is 20.4 Å². The Labute approximate surface area is 87.5 Å². The van der Waals surface area contributed by atoms with E-state index in [1.807, 2.05) is 13.8 Å². The predicted molar refractivity (Wildman–Crippen MR) is 54.8 cm³/mol. The molecule has 0 radical (unpaired) electrons. The van der Waals surface area contributed by atoms with Crippen LogP contribution in [0.5, 0.6) is 0 Å². The average molecular weight is 204 g/mol. The SMILES string of the molecule is CCn1nccc1C(=O)c1coc(C)c1. The van der Waals surface area contributed by atoms with Gasteiger partial charge in [0.05, 0.1) is 5.56 Å². The van der Waals surface area contributed by atoms with Crippen molar-refractivity contribution in [3.8, 4) is 0 Å². The fourth-order valence-corrected chi connectivity index (χ4v) is 1.49. The summed E-state index contributed by atoms with van der Waals surface area (Å²) >= 11 is 0. The summed E-state index contributed by atoms with van der Waals surface area (Å²) in [7, 11) is 0. The van der Waals surface area contributed by atoms with Crippen LogP contribution in [0.2, 0.25) is 0 Å². The minimum atomic E-state index is -0.0498. The molecule has 0 aromatic carbocycles. The molecule has 2 rings (SSSR count). The summed E-state index contributed by atoms with van der Waals surface area (Å²) in [5.41, 5.74) is 1.17. The number of furan rings is 1. The van der Waals surface area contributed by atoms with Gasteiger partial charge in [0.15, 0.2) is 0 Å². The molecule has 0 spiro atoms. The van der Waals surface area contributed by atoms with Crippen molar-refractivity contribution in [3.05, 3.63) is 41.6 Å². The molecule has 0 saturated heterocycles. The molecule has 0 aliphatic heterocycles. The van der Waals surface area contributed by atoms with Crippen molar-refractivity contribution in [2.75, 3.05) is 0 Å². The maximum Gasteiger partial charge on any atom is 0.214 e. The van der Waals surface area contributed by atoms with Gasteiger partial charge in [0.25, 0.3) is 0 Å². The number of rotatable bonds is 3. The normalized spacial score (nSPS) is 10.5. The first-order valence-corrected chi connectivity index (χ1v) is 4.84. The van der Waals surface area contributed by atoms with Gasteiger partial charge in [-0.3, -0.25) is 9.48 Å². The number of carbonyl (C=O) groups is 1. The molecule has 4 nitrogen and oxygen atoms in total. The third kappa shape index (κ3) is 1.70. The van der Waals surface area contributed by atoms with Crippen LogP contribution < -0.4 is 0 Å². The van der Waals surface area contributed by atoms with Gasteiger partial charge < -0.3 is 4.42 Å². The molecular formula is C11H12N2O2. The van der Waals surface area contributed by atoms with E-state index < -0.39 is 0 Å². The molecule has 0 amide bonds. The predicted octanol–water partition coefficient (Wildman–Crippen LogP) is 2.04. The summed E-state index contributed by atoms with van der Waals surface area (Å²) in [4.78, 5) is 12.0. The van der Waals surface area contributed by atoms with E-state index in [0.717, 1.165) is 5.76 Å². The molecule has 0 bridgehead atoms. The van der Waals surface area contributed by atoms with Crippen molar-refractivity contribution in [3.63, 3.8) is 0 Å². The molecule has 0 aliphatic carbocycles. The van der Waals surface area contributed by atoms with Crippen LogP contribution in [0.3, 0.4) is 0 Å². The van der Waals surface area contributed by atoms with Crippen LogP contribution in [-0.4, -0.2) is 15.6 Å². The summed E-state index contributed by atoms with van der Waals surface area (Å²) in [6, 6.07) is 3.45. The quantitative estimate of drug-likeness (QED) is 0.719. The first kappa shape index (κ1) is 9.71. The van der Waals surface area contributed by atoms with Crippen LogP contribution in [0.4, 0.5) is 0 Å². The number of aryl methyl sites for hydroxylation is 2. The summed E-state index contributed by atoms with van der Waals surface area (Å²) in [6.45, 7) is 4.45. The van der Waals surface area contributed by atoms with Crippen LogP contribution in [-0.2, 0) is 6.54 Å². The Kier molecular flexibility index (Phi) is 2.41. The van der Waals surface area contributed by atoms with Gasteiger partial charge in [0.1, 0.15) is 17.7 Å². The first-order chi connectivity index (χ1) is 7.22. The van der Waals surface area contributed by atoms with Crippen LogP contribution >= 0.6 is 0 Å². The molecule has 0 N–H and O–H groups in total. The number of hydrogen-bond donors (Lipinski definition) is 0. The zero-order valence-electron chi connectivity index (χ0n) is 8.73. The molecule has 0 aliphatic rings. The highest BCUT2D eigenvalue weighted by Crippen LogP contribution is 2.12. The Morgan fingerprint density at radius 2 is 2.40 bits per heavy atom. The number of hydrogen-bond acceptors (Lipinski definition) is 3. The van der Waals surface area contributed by atoms with Crippen molar-refractivity contribution >= 4 is 5.78 Å². The van der Waals surface area contributed by atoms with Crippen LogP contribution in [0.25, 0.3) is 0 Å². The highest BCUT2D eigenvalue weighted by molar-refractivity contribution is 6.07. The second-order valence-electron chi connectivity index (χ2n) is 3.31. The van der Waals surface area contributed by atoms with Crippen LogP contribution in [0, 0.1) is 6.92 Å². The lowest BCUT2D eigenvalue weighted by Crippen LogP contribution is -2.09. The second-order valence-corrected chi connectivity index (χ2v) is 3.31. The van der Waals surface area contributed by atoms with Crippen LogP contribution in [0.1, 0.15) is 28.7 Å². The largest absolute Gasteiger partial charge is 0.469 e. The standard InChI is InChI=1S/C11H12N2O2/c1-3-13-10(4-5-12-13)11(14)9-6-8(2)15-7-9/h4-7H,3H2,1-2H3. The molecule has 2 aromatic rings. The molecule has 0 fully saturated rings. The number of aromatic nitrogens is 2. The summed E-state index contributed by atoms with van der Waals surface area (Å²) < 4.78 is 6.78. The lowest BCUT2D eigenvalue weighted by atomic mass is 10.1. The fraction of sp³-hybridized carbons (Fsp3) is 0.273. The number of nitrogens with zero attached hydrogens (tertiary/aromatic N) is 2. The van der Waals surface area contributed by atoms with Gasteiger partial charge in [0, 0.05) is 12.7 Å². The molecule has 0 unspecified atom stereocenters. The van der Waals surface area contributed by atoms with E-state index in [9.17, 15) is 4.79 Å². The summed E-state index contributed by atoms with van der Waals surface area (Å²) in [5, 5.41) is 4.05. The van der Waals surface area contributed by atoms with Gasteiger partial charge in [-0.05, 0) is 26.0 Å². The molecule has 0 atom stereocenters. The first-order valence-electron chi connectivity index (χ1n) is 4.84. The van der Waals surface area contributed by atoms with Crippen molar-refractivity contribution in [1.82, 2.24) is 9.78 Å². The third-order valence-corrected chi connectivity index (χ3v) is 2.24. The van der Waals surface area contributed by atoms with E-state index in [0.29, 0.717) is 17.8 Å². The van der Waals surface area contributed by atoms with Gasteiger partial charge in [-0.2, -0.15) is 5.10 Å². The highest BCUT2D eigenvalue weighted by Gasteiger charge is 2.15. The molecule has 2 heterocycles. The van der Waals surface area contributed by atoms with Crippen LogP contribution in [0.15, 0.2) is 29.0 Å². The highest BCUT2D eigenvalue weighted by atomic mass is 16.3. The van der Waals surface area contributed by atoms with E-state index in [4.69, 9.17) is 4.42 Å². The molecular weight excluding hydrogens is 192 g/mol. The lowest BCUT2D eigenvalue weighted by Gasteiger charge is -2.00. The molecule has 0 saturated carbocycles. The Morgan fingerprint density at radius 1 is 1.60 bits per heavy atom. The number of ketones is 1. The van der Waals surface area contributed by atoms with Gasteiger partial charge >= 0.3 is 0 Å². The Bertz CT molecular complexity index is 482. The van der Waals surface area contributed by atoms with E-state index in [-0.39, 0.29) is 5.78 Å².